The van der Waals surface area contributed by atoms with Crippen LogP contribution in [-0.2, 0) is 9.53 Å². The maximum Gasteiger partial charge on any atom is 0.338 e. The van der Waals surface area contributed by atoms with Crippen LogP contribution < -0.4 is 5.32 Å². The van der Waals surface area contributed by atoms with Crippen molar-refractivity contribution in [3.05, 3.63) is 100 Å². The molecule has 0 fully saturated rings. The van der Waals surface area contributed by atoms with Crippen LogP contribution in [0.25, 0.3) is 0 Å². The standard InChI is InChI=1S/C23H13F2NO5/c24-18-8-5-12(9-19(18)25)23(30)31-11-20(27)26-13-6-7-16-17(10-13)22(29)15-4-2-1-3-14(15)21(16)28/h1-10H,11H2,(H,26,27). The predicted molar refractivity (Wildman–Crippen MR) is 105 cm³/mol. The summed E-state index contributed by atoms with van der Waals surface area (Å²) in [5.41, 5.74) is 0.966. The summed E-state index contributed by atoms with van der Waals surface area (Å²) in [6, 6.07) is 13.2. The van der Waals surface area contributed by atoms with Crippen molar-refractivity contribution in [3.8, 4) is 0 Å². The highest BCUT2D eigenvalue weighted by atomic mass is 19.2. The predicted octanol–water partition coefficient (Wildman–Crippen LogP) is 3.54. The van der Waals surface area contributed by atoms with E-state index in [1.807, 2.05) is 0 Å². The van der Waals surface area contributed by atoms with Gasteiger partial charge in [0, 0.05) is 27.9 Å². The van der Waals surface area contributed by atoms with Gasteiger partial charge in [-0.2, -0.15) is 0 Å². The molecule has 1 amide bonds. The molecular formula is C23H13F2NO5. The molecule has 1 aliphatic carbocycles. The third-order valence-electron chi connectivity index (χ3n) is 4.70. The Morgan fingerprint density at radius 3 is 2.10 bits per heavy atom. The number of esters is 1. The van der Waals surface area contributed by atoms with Crippen molar-refractivity contribution >= 4 is 29.1 Å². The summed E-state index contributed by atoms with van der Waals surface area (Å²) >= 11 is 0. The van der Waals surface area contributed by atoms with Crippen LogP contribution >= 0.6 is 0 Å². The summed E-state index contributed by atoms with van der Waals surface area (Å²) in [6.45, 7) is -0.690. The molecule has 3 aromatic rings. The average molecular weight is 421 g/mol. The molecule has 0 bridgehead atoms. The Morgan fingerprint density at radius 1 is 0.774 bits per heavy atom. The molecule has 0 atom stereocenters. The maximum absolute atomic E-state index is 13.2. The number of ketones is 2. The second-order valence-electron chi connectivity index (χ2n) is 6.72. The third-order valence-corrected chi connectivity index (χ3v) is 4.70. The summed E-state index contributed by atoms with van der Waals surface area (Å²) in [5.74, 6) is -4.68. The van der Waals surface area contributed by atoms with Gasteiger partial charge in [-0.1, -0.05) is 24.3 Å². The molecule has 0 spiro atoms. The molecule has 0 aliphatic heterocycles. The number of hydrogen-bond donors (Lipinski definition) is 1. The fraction of sp³-hybridized carbons (Fsp3) is 0.0435. The number of halogens is 2. The van der Waals surface area contributed by atoms with Gasteiger partial charge in [-0.15, -0.1) is 0 Å². The van der Waals surface area contributed by atoms with Gasteiger partial charge in [0.1, 0.15) is 0 Å². The SMILES string of the molecule is O=C(COC(=O)c1ccc(F)c(F)c1)Nc1ccc2c(c1)C(=O)c1ccccc1C2=O. The van der Waals surface area contributed by atoms with E-state index in [0.29, 0.717) is 11.6 Å². The zero-order valence-electron chi connectivity index (χ0n) is 15.8. The summed E-state index contributed by atoms with van der Waals surface area (Å²) < 4.78 is 30.9. The van der Waals surface area contributed by atoms with Crippen molar-refractivity contribution in [2.75, 3.05) is 11.9 Å². The summed E-state index contributed by atoms with van der Waals surface area (Å²) in [4.78, 5) is 49.3. The van der Waals surface area contributed by atoms with E-state index in [9.17, 15) is 28.0 Å². The van der Waals surface area contributed by atoms with Gasteiger partial charge in [0.25, 0.3) is 5.91 Å². The first-order valence-electron chi connectivity index (χ1n) is 9.09. The number of carbonyl (C=O) groups excluding carboxylic acids is 4. The van der Waals surface area contributed by atoms with Crippen molar-refractivity contribution in [1.29, 1.82) is 0 Å². The molecule has 3 aromatic carbocycles. The van der Waals surface area contributed by atoms with Crippen LogP contribution in [-0.4, -0.2) is 30.0 Å². The second-order valence-corrected chi connectivity index (χ2v) is 6.72. The van der Waals surface area contributed by atoms with Crippen LogP contribution in [0.1, 0.15) is 42.2 Å². The van der Waals surface area contributed by atoms with Crippen LogP contribution in [0, 0.1) is 11.6 Å². The van der Waals surface area contributed by atoms with Gasteiger partial charge in [-0.05, 0) is 36.4 Å². The lowest BCUT2D eigenvalue weighted by Gasteiger charge is -2.18. The molecule has 0 radical (unpaired) electrons. The number of anilines is 1. The number of fused-ring (bicyclic) bond motifs is 2. The lowest BCUT2D eigenvalue weighted by molar-refractivity contribution is -0.119. The number of amides is 1. The molecule has 1 N–H and O–H groups in total. The van der Waals surface area contributed by atoms with Gasteiger partial charge in [-0.25, -0.2) is 13.6 Å². The largest absolute Gasteiger partial charge is 0.452 e. The Kier molecular flexibility index (Phi) is 5.12. The van der Waals surface area contributed by atoms with E-state index in [1.54, 1.807) is 24.3 Å². The van der Waals surface area contributed by atoms with Crippen molar-refractivity contribution in [1.82, 2.24) is 0 Å². The van der Waals surface area contributed by atoms with E-state index in [0.717, 1.165) is 12.1 Å². The molecule has 31 heavy (non-hydrogen) atoms. The Balaban J connectivity index is 1.45. The van der Waals surface area contributed by atoms with E-state index in [-0.39, 0.29) is 39.5 Å². The van der Waals surface area contributed by atoms with Gasteiger partial charge in [0.2, 0.25) is 0 Å². The highest BCUT2D eigenvalue weighted by Crippen LogP contribution is 2.29. The maximum atomic E-state index is 13.2. The van der Waals surface area contributed by atoms with E-state index in [2.05, 4.69) is 5.32 Å². The molecule has 0 heterocycles. The Morgan fingerprint density at radius 2 is 1.42 bits per heavy atom. The van der Waals surface area contributed by atoms with Crippen LogP contribution in [0.3, 0.4) is 0 Å². The summed E-state index contributed by atoms with van der Waals surface area (Å²) in [7, 11) is 0. The smallest absolute Gasteiger partial charge is 0.338 e. The van der Waals surface area contributed by atoms with E-state index in [4.69, 9.17) is 4.74 Å². The lowest BCUT2D eigenvalue weighted by atomic mass is 9.84. The molecule has 1 aliphatic rings. The number of ether oxygens (including phenoxy) is 1. The topological polar surface area (TPSA) is 89.5 Å². The fourth-order valence-electron chi connectivity index (χ4n) is 3.21. The van der Waals surface area contributed by atoms with Gasteiger partial charge in [-0.3, -0.25) is 14.4 Å². The fourth-order valence-corrected chi connectivity index (χ4v) is 3.21. The van der Waals surface area contributed by atoms with Crippen LogP contribution in [0.2, 0.25) is 0 Å². The Labute approximate surface area is 174 Å². The first kappa shape index (κ1) is 20.1. The molecule has 8 heteroatoms. The van der Waals surface area contributed by atoms with E-state index in [1.165, 1.54) is 18.2 Å². The van der Waals surface area contributed by atoms with Gasteiger partial charge in [0.05, 0.1) is 5.56 Å². The third kappa shape index (κ3) is 3.83. The Hall–Kier alpha value is -4.20. The van der Waals surface area contributed by atoms with Crippen LogP contribution in [0.15, 0.2) is 60.7 Å². The van der Waals surface area contributed by atoms with Gasteiger partial charge in [0.15, 0.2) is 29.8 Å². The minimum absolute atomic E-state index is 0.153. The average Bonchev–Trinajstić information content (AvgIpc) is 2.77. The van der Waals surface area contributed by atoms with E-state index < -0.39 is 30.1 Å². The summed E-state index contributed by atoms with van der Waals surface area (Å²) in [6.07, 6.45) is 0. The molecule has 0 saturated heterocycles. The zero-order valence-corrected chi connectivity index (χ0v) is 15.8. The van der Waals surface area contributed by atoms with Gasteiger partial charge >= 0.3 is 5.97 Å². The molecule has 0 unspecified atom stereocenters. The first-order chi connectivity index (χ1) is 14.8. The first-order valence-corrected chi connectivity index (χ1v) is 9.09. The lowest BCUT2D eigenvalue weighted by Crippen LogP contribution is -2.23. The van der Waals surface area contributed by atoms with Crippen molar-refractivity contribution in [2.24, 2.45) is 0 Å². The number of hydrogen-bond acceptors (Lipinski definition) is 5. The minimum Gasteiger partial charge on any atom is -0.452 e. The van der Waals surface area contributed by atoms with E-state index >= 15 is 0 Å². The number of carbonyl (C=O) groups is 4. The van der Waals surface area contributed by atoms with Gasteiger partial charge < -0.3 is 10.1 Å². The van der Waals surface area contributed by atoms with Crippen molar-refractivity contribution in [3.63, 3.8) is 0 Å². The van der Waals surface area contributed by atoms with Crippen LogP contribution in [0.4, 0.5) is 14.5 Å². The molecular weight excluding hydrogens is 408 g/mol. The highest BCUT2D eigenvalue weighted by Gasteiger charge is 2.29. The summed E-state index contributed by atoms with van der Waals surface area (Å²) in [5, 5.41) is 2.46. The zero-order chi connectivity index (χ0) is 22.1. The molecule has 0 saturated carbocycles. The minimum atomic E-state index is -1.21. The highest BCUT2D eigenvalue weighted by molar-refractivity contribution is 6.28. The second kappa shape index (κ2) is 7.91. The monoisotopic (exact) mass is 421 g/mol. The number of nitrogens with one attached hydrogen (secondary N) is 1. The Bertz CT molecular complexity index is 1270. The number of benzene rings is 3. The molecule has 6 nitrogen and oxygen atoms in total. The van der Waals surface area contributed by atoms with Crippen molar-refractivity contribution < 1.29 is 32.7 Å². The quantitative estimate of drug-likeness (QED) is 0.509. The normalized spacial score (nSPS) is 12.1. The van der Waals surface area contributed by atoms with Crippen LogP contribution in [0.5, 0.6) is 0 Å². The molecule has 154 valence electrons. The van der Waals surface area contributed by atoms with Crippen molar-refractivity contribution in [2.45, 2.75) is 0 Å². The molecule has 4 rings (SSSR count). The number of rotatable bonds is 4. The molecule has 0 aromatic heterocycles.